The van der Waals surface area contributed by atoms with Gasteiger partial charge in [-0.2, -0.15) is 0 Å². The van der Waals surface area contributed by atoms with Crippen LogP contribution < -0.4 is 10.1 Å². The van der Waals surface area contributed by atoms with Crippen LogP contribution in [0.5, 0.6) is 5.75 Å². The molecule has 0 unspecified atom stereocenters. The lowest BCUT2D eigenvalue weighted by Crippen LogP contribution is -2.31. The van der Waals surface area contributed by atoms with Crippen LogP contribution in [0.4, 0.5) is 0 Å². The van der Waals surface area contributed by atoms with Crippen molar-refractivity contribution >= 4 is 15.7 Å². The highest BCUT2D eigenvalue weighted by molar-refractivity contribution is 7.90. The van der Waals surface area contributed by atoms with Crippen molar-refractivity contribution in [2.75, 3.05) is 12.9 Å². The molecule has 0 aliphatic heterocycles. The molecule has 0 saturated heterocycles. The molecule has 6 heteroatoms. The third kappa shape index (κ3) is 5.09. The van der Waals surface area contributed by atoms with E-state index in [4.69, 9.17) is 4.74 Å². The van der Waals surface area contributed by atoms with Crippen LogP contribution in [-0.4, -0.2) is 27.2 Å². The average Bonchev–Trinajstić information content (AvgIpc) is 2.53. The summed E-state index contributed by atoms with van der Waals surface area (Å²) in [4.78, 5) is 12.2. The van der Waals surface area contributed by atoms with Crippen LogP contribution in [0.1, 0.15) is 24.1 Å². The number of carbonyl (C=O) groups excluding carboxylic acids is 1. The zero-order valence-corrected chi connectivity index (χ0v) is 14.8. The molecule has 1 N–H and O–H groups in total. The smallest absolute Gasteiger partial charge is 0.258 e. The molecular formula is C18H21NO4S. The lowest BCUT2D eigenvalue weighted by Gasteiger charge is -2.15. The molecule has 0 spiro atoms. The molecule has 2 aromatic carbocycles. The van der Waals surface area contributed by atoms with Gasteiger partial charge in [0.15, 0.2) is 16.4 Å². The lowest BCUT2D eigenvalue weighted by atomic mass is 10.1. The largest absolute Gasteiger partial charge is 0.484 e. The summed E-state index contributed by atoms with van der Waals surface area (Å²) in [5.41, 5.74) is 1.95. The molecule has 0 saturated carbocycles. The first-order valence-electron chi connectivity index (χ1n) is 7.54. The van der Waals surface area contributed by atoms with E-state index < -0.39 is 9.84 Å². The minimum absolute atomic E-state index is 0.0746. The maximum absolute atomic E-state index is 12.0. The normalized spacial score (nSPS) is 12.5. The maximum atomic E-state index is 12.0. The standard InChI is InChI=1S/C18H21NO4S/c1-13-4-8-16(9-5-13)23-12-18(20)19-14(2)15-6-10-17(11-7-15)24(3,21)22/h4-11,14H,12H2,1-3H3,(H,19,20)/t14-/m0/s1. The van der Waals surface area contributed by atoms with Crippen LogP contribution in [-0.2, 0) is 14.6 Å². The predicted octanol–water partition coefficient (Wildman–Crippen LogP) is 2.65. The zero-order valence-electron chi connectivity index (χ0n) is 13.9. The molecule has 1 amide bonds. The highest BCUT2D eigenvalue weighted by Gasteiger charge is 2.12. The fourth-order valence-electron chi connectivity index (χ4n) is 2.15. The number of rotatable bonds is 6. The van der Waals surface area contributed by atoms with Crippen molar-refractivity contribution in [2.24, 2.45) is 0 Å². The van der Waals surface area contributed by atoms with Crippen molar-refractivity contribution in [3.05, 3.63) is 59.7 Å². The van der Waals surface area contributed by atoms with Gasteiger partial charge in [-0.1, -0.05) is 29.8 Å². The predicted molar refractivity (Wildman–Crippen MR) is 92.8 cm³/mol. The van der Waals surface area contributed by atoms with E-state index in [0.29, 0.717) is 5.75 Å². The van der Waals surface area contributed by atoms with Gasteiger partial charge in [-0.3, -0.25) is 4.79 Å². The second-order valence-corrected chi connectivity index (χ2v) is 7.75. The second kappa shape index (κ2) is 7.49. The Morgan fingerprint density at radius 3 is 2.21 bits per heavy atom. The van der Waals surface area contributed by atoms with Gasteiger partial charge in [0.05, 0.1) is 10.9 Å². The number of benzene rings is 2. The minimum atomic E-state index is -3.22. The molecule has 0 aliphatic carbocycles. The van der Waals surface area contributed by atoms with Crippen LogP contribution in [0.25, 0.3) is 0 Å². The monoisotopic (exact) mass is 347 g/mol. The Morgan fingerprint density at radius 1 is 1.08 bits per heavy atom. The fraction of sp³-hybridized carbons (Fsp3) is 0.278. The topological polar surface area (TPSA) is 72.5 Å². The van der Waals surface area contributed by atoms with E-state index in [1.54, 1.807) is 12.1 Å². The van der Waals surface area contributed by atoms with Crippen LogP contribution in [0.15, 0.2) is 53.4 Å². The van der Waals surface area contributed by atoms with Crippen molar-refractivity contribution in [1.29, 1.82) is 0 Å². The first kappa shape index (κ1) is 18.0. The number of ether oxygens (including phenoxy) is 1. The van der Waals surface area contributed by atoms with Crippen LogP contribution in [0, 0.1) is 6.92 Å². The Morgan fingerprint density at radius 2 is 1.67 bits per heavy atom. The molecule has 0 aromatic heterocycles. The molecule has 0 fully saturated rings. The summed E-state index contributed by atoms with van der Waals surface area (Å²) in [6, 6.07) is 13.7. The van der Waals surface area contributed by atoms with E-state index >= 15 is 0 Å². The van der Waals surface area contributed by atoms with Gasteiger partial charge in [0.1, 0.15) is 5.75 Å². The number of hydrogen-bond donors (Lipinski definition) is 1. The van der Waals surface area contributed by atoms with Gasteiger partial charge in [0.2, 0.25) is 0 Å². The first-order valence-corrected chi connectivity index (χ1v) is 9.44. The number of sulfone groups is 1. The van der Waals surface area contributed by atoms with Crippen molar-refractivity contribution in [3.63, 3.8) is 0 Å². The third-order valence-electron chi connectivity index (χ3n) is 3.58. The van der Waals surface area contributed by atoms with E-state index in [-0.39, 0.29) is 23.5 Å². The van der Waals surface area contributed by atoms with Gasteiger partial charge in [-0.05, 0) is 43.7 Å². The molecule has 5 nitrogen and oxygen atoms in total. The third-order valence-corrected chi connectivity index (χ3v) is 4.71. The quantitative estimate of drug-likeness (QED) is 0.872. The van der Waals surface area contributed by atoms with Crippen LogP contribution in [0.2, 0.25) is 0 Å². The minimum Gasteiger partial charge on any atom is -0.484 e. The van der Waals surface area contributed by atoms with E-state index in [1.807, 2.05) is 38.1 Å². The fourth-order valence-corrected chi connectivity index (χ4v) is 2.78. The van der Waals surface area contributed by atoms with Gasteiger partial charge in [0.25, 0.3) is 5.91 Å². The first-order chi connectivity index (χ1) is 11.3. The zero-order chi connectivity index (χ0) is 17.7. The molecule has 0 aliphatic rings. The molecule has 0 bridgehead atoms. The highest BCUT2D eigenvalue weighted by Crippen LogP contribution is 2.16. The van der Waals surface area contributed by atoms with Gasteiger partial charge in [-0.25, -0.2) is 8.42 Å². The van der Waals surface area contributed by atoms with E-state index in [0.717, 1.165) is 17.4 Å². The second-order valence-electron chi connectivity index (χ2n) is 5.73. The molecule has 24 heavy (non-hydrogen) atoms. The van der Waals surface area contributed by atoms with Crippen LogP contribution >= 0.6 is 0 Å². The Balaban J connectivity index is 1.90. The van der Waals surface area contributed by atoms with Crippen molar-refractivity contribution in [1.82, 2.24) is 5.32 Å². The summed E-state index contributed by atoms with van der Waals surface area (Å²) >= 11 is 0. The highest BCUT2D eigenvalue weighted by atomic mass is 32.2. The van der Waals surface area contributed by atoms with Crippen molar-refractivity contribution < 1.29 is 17.9 Å². The van der Waals surface area contributed by atoms with Gasteiger partial charge >= 0.3 is 0 Å². The Bertz CT molecular complexity index is 796. The van der Waals surface area contributed by atoms with E-state index in [1.165, 1.54) is 12.1 Å². The summed E-state index contributed by atoms with van der Waals surface area (Å²) in [7, 11) is -3.22. The molecule has 2 aromatic rings. The van der Waals surface area contributed by atoms with Gasteiger partial charge in [0, 0.05) is 6.26 Å². The summed E-state index contributed by atoms with van der Waals surface area (Å²) in [5, 5.41) is 2.82. The van der Waals surface area contributed by atoms with Gasteiger partial charge < -0.3 is 10.1 Å². The number of amides is 1. The molecule has 1 atom stereocenters. The number of nitrogens with one attached hydrogen (secondary N) is 1. The van der Waals surface area contributed by atoms with Gasteiger partial charge in [-0.15, -0.1) is 0 Å². The molecule has 0 radical (unpaired) electrons. The summed E-state index contributed by atoms with van der Waals surface area (Å²) in [6.45, 7) is 3.74. The lowest BCUT2D eigenvalue weighted by molar-refractivity contribution is -0.123. The Labute approximate surface area is 142 Å². The summed E-state index contributed by atoms with van der Waals surface area (Å²) in [5.74, 6) is 0.399. The summed E-state index contributed by atoms with van der Waals surface area (Å²) < 4.78 is 28.3. The number of aryl methyl sites for hydroxylation is 1. The number of hydrogen-bond acceptors (Lipinski definition) is 4. The Hall–Kier alpha value is -2.34. The van der Waals surface area contributed by atoms with Crippen molar-refractivity contribution in [2.45, 2.75) is 24.8 Å². The summed E-state index contributed by atoms with van der Waals surface area (Å²) in [6.07, 6.45) is 1.16. The maximum Gasteiger partial charge on any atom is 0.258 e. The molecule has 128 valence electrons. The molecule has 2 rings (SSSR count). The number of carbonyl (C=O) groups is 1. The SMILES string of the molecule is Cc1ccc(OCC(=O)N[C@@H](C)c2ccc(S(C)(=O)=O)cc2)cc1. The average molecular weight is 347 g/mol. The molecule has 0 heterocycles. The van der Waals surface area contributed by atoms with Crippen molar-refractivity contribution in [3.8, 4) is 5.75 Å². The Kier molecular flexibility index (Phi) is 5.62. The molecular weight excluding hydrogens is 326 g/mol. The van der Waals surface area contributed by atoms with E-state index in [9.17, 15) is 13.2 Å². The van der Waals surface area contributed by atoms with Crippen LogP contribution in [0.3, 0.4) is 0 Å². The van der Waals surface area contributed by atoms with E-state index in [2.05, 4.69) is 5.32 Å².